The summed E-state index contributed by atoms with van der Waals surface area (Å²) in [5.41, 5.74) is 0. The van der Waals surface area contributed by atoms with Crippen LogP contribution in [0.1, 0.15) is 70.6 Å². The van der Waals surface area contributed by atoms with Crippen LogP contribution in [0.3, 0.4) is 0 Å². The van der Waals surface area contributed by atoms with Gasteiger partial charge in [-0.15, -0.1) is 0 Å². The third kappa shape index (κ3) is 7.08. The number of aliphatic hydroxyl groups is 4. The van der Waals surface area contributed by atoms with Crippen molar-refractivity contribution in [3.8, 4) is 0 Å². The highest BCUT2D eigenvalue weighted by molar-refractivity contribution is 4.94. The van der Waals surface area contributed by atoms with Gasteiger partial charge in [0.15, 0.2) is 0 Å². The molecule has 182 valence electrons. The van der Waals surface area contributed by atoms with Crippen LogP contribution in [0.4, 0.5) is 4.39 Å². The number of β-amino-alcohol motifs (C(OH)–C–C–N with tert-alkyl or cyclic N) is 1. The third-order valence-electron chi connectivity index (χ3n) is 8.05. The smallest absolute Gasteiger partial charge is 0.109 e. The Morgan fingerprint density at radius 2 is 1.65 bits per heavy atom. The van der Waals surface area contributed by atoms with Crippen LogP contribution >= 0.6 is 0 Å². The summed E-state index contributed by atoms with van der Waals surface area (Å²) in [5, 5.41) is 39.1. The number of rotatable bonds is 10. The fourth-order valence-electron chi connectivity index (χ4n) is 6.00. The fourth-order valence-corrected chi connectivity index (χ4v) is 6.00. The molecule has 1 aliphatic heterocycles. The van der Waals surface area contributed by atoms with Crippen LogP contribution in [0.2, 0.25) is 0 Å². The largest absolute Gasteiger partial charge is 0.395 e. The lowest BCUT2D eigenvalue weighted by Gasteiger charge is -2.43. The lowest BCUT2D eigenvalue weighted by molar-refractivity contribution is -0.145. The Morgan fingerprint density at radius 1 is 0.871 bits per heavy atom. The van der Waals surface area contributed by atoms with Gasteiger partial charge >= 0.3 is 0 Å². The van der Waals surface area contributed by atoms with Crippen LogP contribution in [0.25, 0.3) is 0 Å². The minimum Gasteiger partial charge on any atom is -0.395 e. The molecule has 0 bridgehead atoms. The summed E-state index contributed by atoms with van der Waals surface area (Å²) in [5.74, 6) is 1.39. The van der Waals surface area contributed by atoms with E-state index in [1.54, 1.807) is 0 Å². The second-order valence-electron chi connectivity index (χ2n) is 10.2. The molecule has 6 nitrogen and oxygen atoms in total. The highest BCUT2D eigenvalue weighted by Crippen LogP contribution is 2.41. The van der Waals surface area contributed by atoms with E-state index >= 15 is 0 Å². The molecule has 0 amide bonds. The Labute approximate surface area is 186 Å². The summed E-state index contributed by atoms with van der Waals surface area (Å²) in [6.07, 6.45) is 8.05. The van der Waals surface area contributed by atoms with Gasteiger partial charge in [-0.3, -0.25) is 4.90 Å². The van der Waals surface area contributed by atoms with Gasteiger partial charge in [-0.25, -0.2) is 4.39 Å². The van der Waals surface area contributed by atoms with E-state index in [0.717, 1.165) is 44.4 Å². The summed E-state index contributed by atoms with van der Waals surface area (Å²) < 4.78 is 20.5. The zero-order valence-corrected chi connectivity index (χ0v) is 19.0. The van der Waals surface area contributed by atoms with Crippen molar-refractivity contribution in [3.05, 3.63) is 0 Å². The summed E-state index contributed by atoms with van der Waals surface area (Å²) in [6, 6.07) is -0.542. The Kier molecular flexibility index (Phi) is 10.5. The molecule has 3 rings (SSSR count). The number of likely N-dealkylation sites (tertiary alicyclic amines) is 1. The van der Waals surface area contributed by atoms with Crippen molar-refractivity contribution in [3.63, 3.8) is 0 Å². The number of alkyl halides is 1. The molecule has 3 aliphatic rings. The lowest BCUT2D eigenvalue weighted by Crippen LogP contribution is -2.62. The maximum atomic E-state index is 14.7. The minimum atomic E-state index is -1.21. The predicted octanol–water partition coefficient (Wildman–Crippen LogP) is 2.27. The van der Waals surface area contributed by atoms with E-state index in [4.69, 9.17) is 4.74 Å². The third-order valence-corrected chi connectivity index (χ3v) is 8.05. The van der Waals surface area contributed by atoms with E-state index in [2.05, 4.69) is 0 Å². The van der Waals surface area contributed by atoms with Crippen molar-refractivity contribution >= 4 is 0 Å². The molecule has 0 aromatic heterocycles. The van der Waals surface area contributed by atoms with Gasteiger partial charge in [0.05, 0.1) is 25.4 Å². The molecule has 7 atom stereocenters. The van der Waals surface area contributed by atoms with Gasteiger partial charge < -0.3 is 25.2 Å². The highest BCUT2D eigenvalue weighted by Gasteiger charge is 2.40. The molecule has 3 unspecified atom stereocenters. The first-order chi connectivity index (χ1) is 15.0. The van der Waals surface area contributed by atoms with E-state index in [1.165, 1.54) is 32.1 Å². The molecule has 0 spiro atoms. The normalized spacial score (nSPS) is 38.4. The summed E-state index contributed by atoms with van der Waals surface area (Å²) >= 11 is 0. The van der Waals surface area contributed by atoms with Gasteiger partial charge in [-0.05, 0) is 56.9 Å². The summed E-state index contributed by atoms with van der Waals surface area (Å²) in [6.45, 7) is 1.79. The summed E-state index contributed by atoms with van der Waals surface area (Å²) in [4.78, 5) is 1.85. The zero-order chi connectivity index (χ0) is 22.2. The highest BCUT2D eigenvalue weighted by atomic mass is 19.1. The maximum absolute atomic E-state index is 14.7. The first-order valence-corrected chi connectivity index (χ1v) is 12.6. The number of aliphatic hydroxyl groups excluding tert-OH is 4. The molecule has 2 aliphatic carbocycles. The topological polar surface area (TPSA) is 93.4 Å². The molecule has 0 aromatic rings. The quantitative estimate of drug-likeness (QED) is 0.386. The Balaban J connectivity index is 1.25. The predicted molar refractivity (Wildman–Crippen MR) is 117 cm³/mol. The van der Waals surface area contributed by atoms with Crippen LogP contribution < -0.4 is 0 Å². The number of unbranched alkanes of at least 4 members (excludes halogenated alkanes) is 2. The van der Waals surface area contributed by atoms with Crippen molar-refractivity contribution in [2.75, 3.05) is 32.9 Å². The Morgan fingerprint density at radius 3 is 2.35 bits per heavy atom. The lowest BCUT2D eigenvalue weighted by atomic mass is 9.70. The van der Waals surface area contributed by atoms with E-state index in [-0.39, 0.29) is 19.1 Å². The van der Waals surface area contributed by atoms with Crippen molar-refractivity contribution < 1.29 is 29.6 Å². The number of hydrogen-bond donors (Lipinski definition) is 4. The average Bonchev–Trinajstić information content (AvgIpc) is 2.78. The molecule has 0 radical (unpaired) electrons. The van der Waals surface area contributed by atoms with Crippen molar-refractivity contribution in [1.29, 1.82) is 0 Å². The number of ether oxygens (including phenoxy) is 1. The van der Waals surface area contributed by atoms with Gasteiger partial charge in [0, 0.05) is 19.1 Å². The first kappa shape index (κ1) is 25.3. The molecule has 1 heterocycles. The van der Waals surface area contributed by atoms with Crippen molar-refractivity contribution in [2.45, 2.75) is 101 Å². The Bertz CT molecular complexity index is 506. The van der Waals surface area contributed by atoms with Gasteiger partial charge in [0.1, 0.15) is 18.4 Å². The summed E-state index contributed by atoms with van der Waals surface area (Å²) in [7, 11) is 0. The van der Waals surface area contributed by atoms with Crippen LogP contribution in [-0.4, -0.2) is 88.8 Å². The molecule has 4 N–H and O–H groups in total. The van der Waals surface area contributed by atoms with Gasteiger partial charge in [-0.2, -0.15) is 0 Å². The second-order valence-corrected chi connectivity index (χ2v) is 10.2. The molecule has 7 heteroatoms. The molecule has 1 saturated heterocycles. The number of hydrogen-bond acceptors (Lipinski definition) is 6. The fraction of sp³-hybridized carbons (Fsp3) is 1.00. The molecule has 3 fully saturated rings. The SMILES string of the molecule is OC[C@H]1[C@@H](O)[C@H](O)[C@@H](O)CN1CCCCCOCC1CCC(C2CCCCC2)CC1F. The van der Waals surface area contributed by atoms with E-state index in [0.29, 0.717) is 25.7 Å². The van der Waals surface area contributed by atoms with Crippen LogP contribution in [0.15, 0.2) is 0 Å². The van der Waals surface area contributed by atoms with Gasteiger partial charge in [0.25, 0.3) is 0 Å². The van der Waals surface area contributed by atoms with Crippen molar-refractivity contribution in [1.82, 2.24) is 4.90 Å². The van der Waals surface area contributed by atoms with E-state index in [9.17, 15) is 24.8 Å². The maximum Gasteiger partial charge on any atom is 0.109 e. The van der Waals surface area contributed by atoms with Gasteiger partial charge in [0.2, 0.25) is 0 Å². The number of nitrogens with zero attached hydrogens (tertiary/aromatic N) is 1. The standard InChI is InChI=1S/C24H44FNO5/c25-20-13-18(17-7-3-1-4-8-17)9-10-19(20)16-31-12-6-2-5-11-26-14-22(28)24(30)23(29)21(26)15-27/h17-24,27-30H,1-16H2/t18?,19?,20?,21-,22-,23+,24+/m0/s1. The molecular weight excluding hydrogens is 401 g/mol. The van der Waals surface area contributed by atoms with E-state index < -0.39 is 30.5 Å². The van der Waals surface area contributed by atoms with Crippen molar-refractivity contribution in [2.24, 2.45) is 17.8 Å². The minimum absolute atomic E-state index is 0.0490. The number of piperidine rings is 1. The first-order valence-electron chi connectivity index (χ1n) is 12.6. The van der Waals surface area contributed by atoms with Crippen LogP contribution in [0.5, 0.6) is 0 Å². The monoisotopic (exact) mass is 445 g/mol. The molecule has 31 heavy (non-hydrogen) atoms. The van der Waals surface area contributed by atoms with Crippen LogP contribution in [-0.2, 0) is 4.74 Å². The van der Waals surface area contributed by atoms with Gasteiger partial charge in [-0.1, -0.05) is 32.1 Å². The molecule has 0 aromatic carbocycles. The van der Waals surface area contributed by atoms with Crippen LogP contribution in [0, 0.1) is 17.8 Å². The second kappa shape index (κ2) is 12.8. The zero-order valence-electron chi connectivity index (χ0n) is 19.0. The van der Waals surface area contributed by atoms with E-state index in [1.807, 2.05) is 4.90 Å². The number of halogens is 1. The Hall–Kier alpha value is -0.310. The molecule has 2 saturated carbocycles. The molecular formula is C24H44FNO5. The average molecular weight is 446 g/mol.